The highest BCUT2D eigenvalue weighted by Gasteiger charge is 2.24. The number of thiazole rings is 1. The van der Waals surface area contributed by atoms with Gasteiger partial charge < -0.3 is 15.4 Å². The number of aromatic nitrogens is 1. The highest BCUT2D eigenvalue weighted by Crippen LogP contribution is 2.38. The Hall–Kier alpha value is -5.00. The predicted molar refractivity (Wildman–Crippen MR) is 165 cm³/mol. The summed E-state index contributed by atoms with van der Waals surface area (Å²) in [4.78, 5) is 42.4. The predicted octanol–water partition coefficient (Wildman–Crippen LogP) is 7.45. The second-order valence-corrected chi connectivity index (χ2v) is 11.0. The van der Waals surface area contributed by atoms with Gasteiger partial charge in [-0.1, -0.05) is 54.6 Å². The lowest BCUT2D eigenvalue weighted by atomic mass is 10.1. The summed E-state index contributed by atoms with van der Waals surface area (Å²) in [5.74, 6) is 0.0230. The number of carbonyl (C=O) groups excluding carboxylic acids is 2. The first kappa shape index (κ1) is 28.5. The van der Waals surface area contributed by atoms with Crippen molar-refractivity contribution in [1.29, 1.82) is 0 Å². The van der Waals surface area contributed by atoms with Crippen LogP contribution >= 0.6 is 23.1 Å². The molecule has 0 aliphatic heterocycles. The lowest BCUT2D eigenvalue weighted by molar-refractivity contribution is -0.384. The Labute approximate surface area is 249 Å². The van der Waals surface area contributed by atoms with Crippen LogP contribution in [0.25, 0.3) is 11.3 Å². The molecule has 210 valence electrons. The number of amides is 2. The van der Waals surface area contributed by atoms with Gasteiger partial charge in [0.15, 0.2) is 5.13 Å². The van der Waals surface area contributed by atoms with Crippen molar-refractivity contribution in [3.05, 3.63) is 130 Å². The molecule has 1 atom stereocenters. The first-order valence-corrected chi connectivity index (χ1v) is 14.4. The number of carbonyl (C=O) groups is 2. The maximum absolute atomic E-state index is 13.6. The van der Waals surface area contributed by atoms with Crippen LogP contribution in [0.15, 0.2) is 113 Å². The molecule has 0 fully saturated rings. The van der Waals surface area contributed by atoms with Gasteiger partial charge in [0, 0.05) is 39.2 Å². The van der Waals surface area contributed by atoms with E-state index in [0.717, 1.165) is 10.5 Å². The molecular formula is C31H24N4O5S2. The molecular weight excluding hydrogens is 572 g/mol. The minimum Gasteiger partial charge on any atom is -0.497 e. The molecule has 2 amide bonds. The number of methoxy groups -OCH3 is 1. The van der Waals surface area contributed by atoms with E-state index in [1.807, 2.05) is 48.5 Å². The van der Waals surface area contributed by atoms with Crippen molar-refractivity contribution in [2.45, 2.75) is 10.1 Å². The van der Waals surface area contributed by atoms with Crippen LogP contribution in [-0.2, 0) is 4.79 Å². The second kappa shape index (κ2) is 13.1. The first-order valence-electron chi connectivity index (χ1n) is 12.7. The van der Waals surface area contributed by atoms with Crippen LogP contribution in [0.1, 0.15) is 21.2 Å². The standard InChI is InChI=1S/C31H24N4O5S2/c1-40-25-14-6-11-22(17-25)29(36)32-23-12-7-15-26(18-23)42-28(20-8-3-2-4-9-20)30(37)34-31-33-27(19-41-31)21-10-5-13-24(16-21)35(38)39/h2-19,28H,1H3,(H,32,36)(H,33,34,37). The van der Waals surface area contributed by atoms with Crippen molar-refractivity contribution in [3.63, 3.8) is 0 Å². The van der Waals surface area contributed by atoms with Gasteiger partial charge in [-0.15, -0.1) is 23.1 Å². The molecule has 42 heavy (non-hydrogen) atoms. The van der Waals surface area contributed by atoms with E-state index < -0.39 is 10.2 Å². The van der Waals surface area contributed by atoms with E-state index in [-0.39, 0.29) is 17.5 Å². The van der Waals surface area contributed by atoms with Gasteiger partial charge in [0.05, 0.1) is 17.7 Å². The molecule has 1 unspecified atom stereocenters. The van der Waals surface area contributed by atoms with Gasteiger partial charge in [-0.05, 0) is 42.0 Å². The highest BCUT2D eigenvalue weighted by atomic mass is 32.2. The van der Waals surface area contributed by atoms with Crippen molar-refractivity contribution >= 4 is 51.4 Å². The topological polar surface area (TPSA) is 123 Å². The van der Waals surface area contributed by atoms with Crippen LogP contribution in [0.5, 0.6) is 5.75 Å². The lowest BCUT2D eigenvalue weighted by Gasteiger charge is -2.17. The highest BCUT2D eigenvalue weighted by molar-refractivity contribution is 8.00. The van der Waals surface area contributed by atoms with Gasteiger partial charge in [-0.25, -0.2) is 4.98 Å². The SMILES string of the molecule is COc1cccc(C(=O)Nc2cccc(SC(C(=O)Nc3nc(-c4cccc([N+](=O)[O-])c4)cs3)c3ccccc3)c2)c1. The summed E-state index contributed by atoms with van der Waals surface area (Å²) in [6, 6.07) is 29.7. The normalized spacial score (nSPS) is 11.4. The summed E-state index contributed by atoms with van der Waals surface area (Å²) >= 11 is 2.58. The fourth-order valence-electron chi connectivity index (χ4n) is 4.07. The molecule has 5 aromatic rings. The van der Waals surface area contributed by atoms with Gasteiger partial charge in [0.25, 0.3) is 11.6 Å². The molecule has 4 aromatic carbocycles. The van der Waals surface area contributed by atoms with Crippen LogP contribution < -0.4 is 15.4 Å². The molecule has 11 heteroatoms. The molecule has 0 bridgehead atoms. The lowest BCUT2D eigenvalue weighted by Crippen LogP contribution is -2.19. The third-order valence-corrected chi connectivity index (χ3v) is 8.11. The number of nitrogens with one attached hydrogen (secondary N) is 2. The van der Waals surface area contributed by atoms with E-state index in [0.29, 0.717) is 33.4 Å². The fraction of sp³-hybridized carbons (Fsp3) is 0.0645. The van der Waals surface area contributed by atoms with Gasteiger partial charge in [-0.3, -0.25) is 19.7 Å². The number of rotatable bonds is 10. The smallest absolute Gasteiger partial charge is 0.270 e. The second-order valence-electron chi connectivity index (χ2n) is 8.96. The molecule has 2 N–H and O–H groups in total. The molecule has 5 rings (SSSR count). The molecule has 1 heterocycles. The third-order valence-electron chi connectivity index (χ3n) is 6.11. The Kier molecular flexibility index (Phi) is 8.90. The van der Waals surface area contributed by atoms with E-state index in [1.165, 1.54) is 35.2 Å². The van der Waals surface area contributed by atoms with Crippen LogP contribution in [0, 0.1) is 10.1 Å². The summed E-state index contributed by atoms with van der Waals surface area (Å²) in [5, 5.41) is 18.5. The number of anilines is 2. The average Bonchev–Trinajstić information content (AvgIpc) is 3.49. The van der Waals surface area contributed by atoms with E-state index in [4.69, 9.17) is 4.74 Å². The van der Waals surface area contributed by atoms with Gasteiger partial charge in [-0.2, -0.15) is 0 Å². The van der Waals surface area contributed by atoms with Crippen LogP contribution in [0.3, 0.4) is 0 Å². The number of hydrogen-bond donors (Lipinski definition) is 2. The van der Waals surface area contributed by atoms with Gasteiger partial charge in [0.2, 0.25) is 5.91 Å². The Morgan fingerprint density at radius 2 is 1.71 bits per heavy atom. The monoisotopic (exact) mass is 596 g/mol. The van der Waals surface area contributed by atoms with Gasteiger partial charge >= 0.3 is 0 Å². The molecule has 0 aliphatic rings. The van der Waals surface area contributed by atoms with E-state index in [1.54, 1.807) is 55.0 Å². The molecule has 0 aliphatic carbocycles. The summed E-state index contributed by atoms with van der Waals surface area (Å²) in [6.45, 7) is 0. The number of non-ortho nitro benzene ring substituents is 1. The van der Waals surface area contributed by atoms with E-state index >= 15 is 0 Å². The quantitative estimate of drug-likeness (QED) is 0.0975. The van der Waals surface area contributed by atoms with Crippen LogP contribution in [0.4, 0.5) is 16.5 Å². The largest absolute Gasteiger partial charge is 0.497 e. The van der Waals surface area contributed by atoms with Crippen LogP contribution in [0.2, 0.25) is 0 Å². The number of ether oxygens (including phenoxy) is 1. The van der Waals surface area contributed by atoms with Crippen molar-refractivity contribution in [3.8, 4) is 17.0 Å². The Morgan fingerprint density at radius 3 is 2.50 bits per heavy atom. The number of benzene rings is 4. The maximum atomic E-state index is 13.6. The third kappa shape index (κ3) is 7.00. The molecule has 0 spiro atoms. The minimum absolute atomic E-state index is 0.0338. The number of thioether (sulfide) groups is 1. The van der Waals surface area contributed by atoms with E-state index in [2.05, 4.69) is 15.6 Å². The van der Waals surface area contributed by atoms with E-state index in [9.17, 15) is 19.7 Å². The first-order chi connectivity index (χ1) is 20.4. The molecule has 9 nitrogen and oxygen atoms in total. The Balaban J connectivity index is 1.33. The fourth-order valence-corrected chi connectivity index (χ4v) is 5.87. The van der Waals surface area contributed by atoms with Crippen molar-refractivity contribution in [2.24, 2.45) is 0 Å². The summed E-state index contributed by atoms with van der Waals surface area (Å²) < 4.78 is 5.21. The van der Waals surface area contributed by atoms with Crippen molar-refractivity contribution < 1.29 is 19.2 Å². The molecule has 0 saturated carbocycles. The molecule has 0 saturated heterocycles. The maximum Gasteiger partial charge on any atom is 0.270 e. The molecule has 1 aromatic heterocycles. The minimum atomic E-state index is -0.624. The van der Waals surface area contributed by atoms with Gasteiger partial charge in [0.1, 0.15) is 11.0 Å². The zero-order valence-corrected chi connectivity index (χ0v) is 23.9. The Bertz CT molecular complexity index is 1740. The number of hydrogen-bond acceptors (Lipinski definition) is 8. The van der Waals surface area contributed by atoms with Crippen molar-refractivity contribution in [2.75, 3.05) is 17.7 Å². The number of nitro groups is 1. The number of nitrogens with zero attached hydrogens (tertiary/aromatic N) is 2. The zero-order valence-electron chi connectivity index (χ0n) is 22.2. The van der Waals surface area contributed by atoms with Crippen LogP contribution in [-0.4, -0.2) is 28.8 Å². The average molecular weight is 597 g/mol. The van der Waals surface area contributed by atoms with Crippen molar-refractivity contribution in [1.82, 2.24) is 4.98 Å². The summed E-state index contributed by atoms with van der Waals surface area (Å²) in [6.07, 6.45) is 0. The summed E-state index contributed by atoms with van der Waals surface area (Å²) in [7, 11) is 1.54. The zero-order chi connectivity index (χ0) is 29.5. The number of nitro benzene ring substituents is 1. The summed E-state index contributed by atoms with van der Waals surface area (Å²) in [5.41, 5.74) is 2.92. The Morgan fingerprint density at radius 1 is 0.929 bits per heavy atom. The molecule has 0 radical (unpaired) electrons.